The van der Waals surface area contributed by atoms with Gasteiger partial charge in [0, 0.05) is 23.7 Å². The summed E-state index contributed by atoms with van der Waals surface area (Å²) in [6.45, 7) is 0.417. The van der Waals surface area contributed by atoms with Crippen LogP contribution < -0.4 is 0 Å². The predicted octanol–water partition coefficient (Wildman–Crippen LogP) is 2.93. The number of pyridine rings is 1. The van der Waals surface area contributed by atoms with E-state index in [0.29, 0.717) is 13.0 Å². The molecule has 0 atom stereocenters. The van der Waals surface area contributed by atoms with E-state index in [9.17, 15) is 4.39 Å². The number of halogens is 1. The molecular weight excluding hydrogens is 183 g/mol. The molecule has 0 amide bonds. The molecule has 14 heavy (non-hydrogen) atoms. The lowest BCUT2D eigenvalue weighted by atomic mass is 10.2. The molecule has 0 aromatic carbocycles. The van der Waals surface area contributed by atoms with Crippen LogP contribution in [-0.2, 0) is 0 Å². The fourth-order valence-corrected chi connectivity index (χ4v) is 0.918. The van der Waals surface area contributed by atoms with Gasteiger partial charge in [-0.15, -0.1) is 0 Å². The maximum atomic E-state index is 12.6. The van der Waals surface area contributed by atoms with Crippen molar-refractivity contribution in [1.29, 1.82) is 0 Å². The average Bonchev–Trinajstić information content (AvgIpc) is 2.18. The first-order valence-corrected chi connectivity index (χ1v) is 4.12. The fraction of sp³-hybridized carbons (Fsp3) is 0.222. The third-order valence-corrected chi connectivity index (χ3v) is 1.52. The van der Waals surface area contributed by atoms with Crippen LogP contribution in [0, 0.1) is 5.95 Å². The Balaban J connectivity index is 2.47. The van der Waals surface area contributed by atoms with Crippen molar-refractivity contribution in [3.8, 4) is 0 Å². The van der Waals surface area contributed by atoms with Gasteiger partial charge in [0.15, 0.2) is 0 Å². The summed E-state index contributed by atoms with van der Waals surface area (Å²) < 4.78 is 12.6. The Morgan fingerprint density at radius 1 is 1.64 bits per heavy atom. The summed E-state index contributed by atoms with van der Waals surface area (Å²) in [7, 11) is 0. The minimum Gasteiger partial charge on any atom is -0.228 e. The van der Waals surface area contributed by atoms with E-state index in [2.05, 4.69) is 15.0 Å². The van der Waals surface area contributed by atoms with E-state index >= 15 is 0 Å². The fourth-order valence-electron chi connectivity index (χ4n) is 0.918. The number of hydrogen-bond acceptors (Lipinski definition) is 2. The Kier molecular flexibility index (Phi) is 4.17. The second kappa shape index (κ2) is 5.72. The smallest absolute Gasteiger partial charge is 0.213 e. The SMILES string of the molecule is [N-]=[N+]=NCCC=Cc1ccnc(F)c1. The molecule has 72 valence electrons. The molecule has 0 aliphatic rings. The highest BCUT2D eigenvalue weighted by Crippen LogP contribution is 2.03. The summed E-state index contributed by atoms with van der Waals surface area (Å²) in [5, 5.41) is 3.36. The Hall–Kier alpha value is -1.87. The monoisotopic (exact) mass is 192 g/mol. The van der Waals surface area contributed by atoms with Crippen LogP contribution in [0.4, 0.5) is 4.39 Å². The topological polar surface area (TPSA) is 61.7 Å². The molecule has 1 aromatic heterocycles. The Bertz CT molecular complexity index is 369. The molecule has 1 rings (SSSR count). The maximum absolute atomic E-state index is 12.6. The van der Waals surface area contributed by atoms with E-state index in [4.69, 9.17) is 5.53 Å². The van der Waals surface area contributed by atoms with Gasteiger partial charge in [0.1, 0.15) is 0 Å². The summed E-state index contributed by atoms with van der Waals surface area (Å²) in [6.07, 6.45) is 5.64. The molecular formula is C9H9FN4. The third-order valence-electron chi connectivity index (χ3n) is 1.52. The lowest BCUT2D eigenvalue weighted by Crippen LogP contribution is -1.81. The van der Waals surface area contributed by atoms with Crippen molar-refractivity contribution in [1.82, 2.24) is 4.98 Å². The van der Waals surface area contributed by atoms with Gasteiger partial charge < -0.3 is 0 Å². The summed E-state index contributed by atoms with van der Waals surface area (Å²) in [5.74, 6) is -0.498. The molecule has 1 heterocycles. The lowest BCUT2D eigenvalue weighted by Gasteiger charge is -1.91. The van der Waals surface area contributed by atoms with Gasteiger partial charge in [0.2, 0.25) is 5.95 Å². The highest BCUT2D eigenvalue weighted by molar-refractivity contribution is 5.47. The molecule has 0 aliphatic heterocycles. The summed E-state index contributed by atoms with van der Waals surface area (Å²) in [4.78, 5) is 6.05. The molecule has 0 N–H and O–H groups in total. The normalized spacial score (nSPS) is 10.1. The molecule has 1 aromatic rings. The van der Waals surface area contributed by atoms with Gasteiger partial charge in [-0.3, -0.25) is 0 Å². The molecule has 5 heteroatoms. The lowest BCUT2D eigenvalue weighted by molar-refractivity contribution is 0.583. The van der Waals surface area contributed by atoms with Gasteiger partial charge in [-0.1, -0.05) is 17.3 Å². The zero-order valence-electron chi connectivity index (χ0n) is 7.47. The van der Waals surface area contributed by atoms with Gasteiger partial charge in [-0.2, -0.15) is 4.39 Å². The van der Waals surface area contributed by atoms with Crippen molar-refractivity contribution in [3.63, 3.8) is 0 Å². The first kappa shape index (κ1) is 10.2. The van der Waals surface area contributed by atoms with Crippen LogP contribution in [0.5, 0.6) is 0 Å². The van der Waals surface area contributed by atoms with Crippen LogP contribution in [-0.4, -0.2) is 11.5 Å². The quantitative estimate of drug-likeness (QED) is 0.238. The van der Waals surface area contributed by atoms with E-state index in [1.807, 2.05) is 6.08 Å². The van der Waals surface area contributed by atoms with E-state index in [1.165, 1.54) is 12.3 Å². The van der Waals surface area contributed by atoms with Crippen LogP contribution in [0.3, 0.4) is 0 Å². The highest BCUT2D eigenvalue weighted by atomic mass is 19.1. The molecule has 0 aliphatic carbocycles. The molecule has 0 bridgehead atoms. The molecule has 0 spiro atoms. The van der Waals surface area contributed by atoms with Gasteiger partial charge >= 0.3 is 0 Å². The van der Waals surface area contributed by atoms with Crippen molar-refractivity contribution in [3.05, 3.63) is 46.4 Å². The standard InChI is InChI=1S/C9H9FN4/c10-9-7-8(4-6-12-9)3-1-2-5-13-14-11/h1,3-4,6-7H,2,5H2. The van der Waals surface area contributed by atoms with Crippen LogP contribution >= 0.6 is 0 Å². The van der Waals surface area contributed by atoms with Crippen LogP contribution in [0.2, 0.25) is 0 Å². The number of hydrogen-bond donors (Lipinski definition) is 0. The van der Waals surface area contributed by atoms with E-state index in [-0.39, 0.29) is 0 Å². The summed E-state index contributed by atoms with van der Waals surface area (Å²) in [6, 6.07) is 3.04. The second-order valence-electron chi connectivity index (χ2n) is 2.56. The predicted molar refractivity (Wildman–Crippen MR) is 51.9 cm³/mol. The Labute approximate surface area is 80.7 Å². The first-order chi connectivity index (χ1) is 6.83. The second-order valence-corrected chi connectivity index (χ2v) is 2.56. The van der Waals surface area contributed by atoms with Crippen LogP contribution in [0.1, 0.15) is 12.0 Å². The van der Waals surface area contributed by atoms with Crippen LogP contribution in [0.15, 0.2) is 29.5 Å². The van der Waals surface area contributed by atoms with Gasteiger partial charge in [0.25, 0.3) is 0 Å². The molecule has 0 saturated carbocycles. The number of rotatable bonds is 4. The van der Waals surface area contributed by atoms with Gasteiger partial charge in [0.05, 0.1) is 0 Å². The summed E-state index contributed by atoms with van der Waals surface area (Å²) >= 11 is 0. The number of nitrogens with zero attached hydrogens (tertiary/aromatic N) is 4. The van der Waals surface area contributed by atoms with Crippen LogP contribution in [0.25, 0.3) is 16.5 Å². The summed E-state index contributed by atoms with van der Waals surface area (Å²) in [5.41, 5.74) is 8.74. The number of azide groups is 1. The van der Waals surface area contributed by atoms with Gasteiger partial charge in [-0.05, 0) is 23.6 Å². The Morgan fingerprint density at radius 3 is 3.21 bits per heavy atom. The zero-order valence-corrected chi connectivity index (χ0v) is 7.47. The average molecular weight is 192 g/mol. The molecule has 0 radical (unpaired) electrons. The molecule has 0 unspecified atom stereocenters. The highest BCUT2D eigenvalue weighted by Gasteiger charge is 1.90. The zero-order chi connectivity index (χ0) is 10.2. The van der Waals surface area contributed by atoms with Crippen molar-refractivity contribution in [2.24, 2.45) is 5.11 Å². The van der Waals surface area contributed by atoms with Crippen molar-refractivity contribution >= 4 is 6.08 Å². The number of aromatic nitrogens is 1. The van der Waals surface area contributed by atoms with Crippen molar-refractivity contribution in [2.75, 3.05) is 6.54 Å². The third kappa shape index (κ3) is 3.69. The largest absolute Gasteiger partial charge is 0.228 e. The van der Waals surface area contributed by atoms with E-state index in [1.54, 1.807) is 12.1 Å². The molecule has 0 fully saturated rings. The maximum Gasteiger partial charge on any atom is 0.213 e. The Morgan fingerprint density at radius 2 is 2.50 bits per heavy atom. The first-order valence-electron chi connectivity index (χ1n) is 4.12. The van der Waals surface area contributed by atoms with Crippen molar-refractivity contribution < 1.29 is 4.39 Å². The minimum atomic E-state index is -0.498. The van der Waals surface area contributed by atoms with E-state index < -0.39 is 5.95 Å². The molecule has 0 saturated heterocycles. The van der Waals surface area contributed by atoms with Gasteiger partial charge in [-0.25, -0.2) is 4.98 Å². The minimum absolute atomic E-state index is 0.417. The van der Waals surface area contributed by atoms with Crippen molar-refractivity contribution in [2.45, 2.75) is 6.42 Å². The molecule has 4 nitrogen and oxygen atoms in total. The van der Waals surface area contributed by atoms with E-state index in [0.717, 1.165) is 5.56 Å².